The average molecular weight is 366 g/mol. The Kier molecular flexibility index (Phi) is 8.19. The summed E-state index contributed by atoms with van der Waals surface area (Å²) in [5, 5.41) is 0. The van der Waals surface area contributed by atoms with Crippen molar-refractivity contribution in [2.75, 3.05) is 0 Å². The third-order valence-electron chi connectivity index (χ3n) is 3.49. The van der Waals surface area contributed by atoms with Gasteiger partial charge in [-0.2, -0.15) is 0 Å². The van der Waals surface area contributed by atoms with Crippen LogP contribution < -0.4 is 10.2 Å². The van der Waals surface area contributed by atoms with Crippen molar-refractivity contribution in [3.8, 4) is 11.5 Å². The molecular formula is C20H16BFO5. The van der Waals surface area contributed by atoms with E-state index in [4.69, 9.17) is 17.3 Å². The molecule has 0 saturated carbocycles. The second kappa shape index (κ2) is 10.1. The smallest absolute Gasteiger partial charge is 0.870 e. The van der Waals surface area contributed by atoms with Crippen LogP contribution in [-0.4, -0.2) is 24.8 Å². The number of rotatable bonds is 5. The van der Waals surface area contributed by atoms with Crippen LogP contribution in [0.4, 0.5) is 4.39 Å². The first kappa shape index (κ1) is 21.9. The van der Waals surface area contributed by atoms with E-state index in [2.05, 4.69) is 0 Å². The van der Waals surface area contributed by atoms with Gasteiger partial charge in [-0.3, -0.25) is 0 Å². The second-order valence-electron chi connectivity index (χ2n) is 5.37. The van der Waals surface area contributed by atoms with Gasteiger partial charge in [-0.25, -0.2) is 0 Å². The van der Waals surface area contributed by atoms with Crippen molar-refractivity contribution in [2.45, 2.75) is 6.61 Å². The Labute approximate surface area is 157 Å². The molecule has 0 aliphatic rings. The van der Waals surface area contributed by atoms with Crippen LogP contribution >= 0.6 is 0 Å². The first-order valence-electron chi connectivity index (χ1n) is 7.66. The zero-order valence-corrected chi connectivity index (χ0v) is 14.2. The van der Waals surface area contributed by atoms with E-state index in [0.29, 0.717) is 11.5 Å². The van der Waals surface area contributed by atoms with Crippen molar-refractivity contribution in [2.24, 2.45) is 0 Å². The number of benzene rings is 3. The van der Waals surface area contributed by atoms with Gasteiger partial charge in [-0.05, 0) is 0 Å². The minimum absolute atomic E-state index is 0. The molecule has 27 heavy (non-hydrogen) atoms. The molecule has 0 amide bonds. The van der Waals surface area contributed by atoms with Crippen LogP contribution in [0.5, 0.6) is 11.5 Å². The van der Waals surface area contributed by atoms with Crippen LogP contribution in [0.15, 0.2) is 72.8 Å². The zero-order valence-electron chi connectivity index (χ0n) is 14.2. The Bertz CT molecular complexity index is 887. The largest absolute Gasteiger partial charge is 0.870 e. The van der Waals surface area contributed by atoms with Crippen molar-refractivity contribution in [1.82, 2.24) is 0 Å². The van der Waals surface area contributed by atoms with E-state index in [0.717, 1.165) is 5.56 Å². The van der Waals surface area contributed by atoms with Crippen molar-refractivity contribution in [3.05, 3.63) is 89.7 Å². The number of ether oxygens (including phenoxy) is 2. The fourth-order valence-corrected chi connectivity index (χ4v) is 2.24. The van der Waals surface area contributed by atoms with Gasteiger partial charge in [0.15, 0.2) is 0 Å². The summed E-state index contributed by atoms with van der Waals surface area (Å²) >= 11 is 0. The van der Waals surface area contributed by atoms with Crippen LogP contribution in [0.3, 0.4) is 0 Å². The molecule has 0 heterocycles. The molecule has 0 aliphatic carbocycles. The molecule has 0 saturated heterocycles. The molecule has 0 aromatic heterocycles. The van der Waals surface area contributed by atoms with Crippen LogP contribution in [0.2, 0.25) is 0 Å². The molecule has 2 N–H and O–H groups in total. The first-order valence-corrected chi connectivity index (χ1v) is 7.66. The number of carbonyl (C=O) groups is 1. The Morgan fingerprint density at radius 1 is 0.889 bits per heavy atom. The first-order chi connectivity index (χ1) is 12.1. The molecular weight excluding hydrogens is 350 g/mol. The number of esters is 1. The van der Waals surface area contributed by atoms with E-state index in [-0.39, 0.29) is 28.6 Å². The predicted octanol–water partition coefficient (Wildman–Crippen LogP) is 3.42. The minimum atomic E-state index is -0.550. The summed E-state index contributed by atoms with van der Waals surface area (Å²) in [6.07, 6.45) is 0. The normalized spacial score (nSPS) is 9.59. The van der Waals surface area contributed by atoms with Crippen LogP contribution in [-0.2, 0) is 11.3 Å². The van der Waals surface area contributed by atoms with E-state index in [1.807, 2.05) is 30.3 Å². The molecule has 0 unspecified atom stereocenters. The summed E-state index contributed by atoms with van der Waals surface area (Å²) in [5.41, 5.74) is 1.36. The van der Waals surface area contributed by atoms with Gasteiger partial charge in [0, 0.05) is 0 Å². The van der Waals surface area contributed by atoms with Gasteiger partial charge in [-0.15, -0.1) is 0 Å². The molecule has 0 radical (unpaired) electrons. The molecule has 0 spiro atoms. The van der Waals surface area contributed by atoms with Gasteiger partial charge in [0.25, 0.3) is 0 Å². The topological polar surface area (TPSA) is 95.5 Å². The van der Waals surface area contributed by atoms with E-state index in [1.165, 1.54) is 24.3 Å². The molecule has 3 rings (SSSR count). The molecule has 0 bridgehead atoms. The number of halogens is 1. The van der Waals surface area contributed by atoms with E-state index < -0.39 is 11.8 Å². The van der Waals surface area contributed by atoms with Gasteiger partial charge in [0.2, 0.25) is 0 Å². The summed E-state index contributed by atoms with van der Waals surface area (Å²) in [5.74, 6) is -0.263. The standard InChI is InChI=1S/C20H14BFO3.2H2O/c21-19-10-9-17(25-16-8-4-7-15(22)11-16)12-18(19)20(23)24-13-14-5-2-1-3-6-14;;/h1-12H,13H2;2*1H2/q+2;;/p-2. The van der Waals surface area contributed by atoms with Gasteiger partial charge >= 0.3 is 146 Å². The number of hydrogen-bond acceptors (Lipinski definition) is 5. The van der Waals surface area contributed by atoms with E-state index in [1.54, 1.807) is 18.2 Å². The SMILES string of the molecule is [B+2]c1ccc(Oc2cccc(F)c2)cc1C(=O)OCc1ccccc1.[OH-].[OH-]. The molecule has 0 fully saturated rings. The van der Waals surface area contributed by atoms with Gasteiger partial charge in [0.1, 0.15) is 0 Å². The summed E-state index contributed by atoms with van der Waals surface area (Å²) in [7, 11) is 5.86. The fraction of sp³-hybridized carbons (Fsp3) is 0.0500. The molecule has 7 heteroatoms. The van der Waals surface area contributed by atoms with Gasteiger partial charge < -0.3 is 11.0 Å². The maximum atomic E-state index is 13.2. The van der Waals surface area contributed by atoms with Gasteiger partial charge in [0.05, 0.1) is 0 Å². The molecule has 0 aliphatic heterocycles. The fourth-order valence-electron chi connectivity index (χ4n) is 2.24. The van der Waals surface area contributed by atoms with E-state index in [9.17, 15) is 9.18 Å². The Balaban J connectivity index is 0.00000182. The second-order valence-corrected chi connectivity index (χ2v) is 5.37. The molecule has 136 valence electrons. The van der Waals surface area contributed by atoms with Crippen LogP contribution in [0.1, 0.15) is 15.9 Å². The van der Waals surface area contributed by atoms with Crippen molar-refractivity contribution in [1.29, 1.82) is 0 Å². The molecule has 0 atom stereocenters. The van der Waals surface area contributed by atoms with Gasteiger partial charge in [-0.1, -0.05) is 0 Å². The average Bonchev–Trinajstić information content (AvgIpc) is 2.62. The monoisotopic (exact) mass is 366 g/mol. The van der Waals surface area contributed by atoms with Crippen molar-refractivity contribution >= 4 is 19.3 Å². The quantitative estimate of drug-likeness (QED) is 0.509. The molecule has 3 aromatic rings. The predicted molar refractivity (Wildman–Crippen MR) is 97.7 cm³/mol. The third kappa shape index (κ3) is 5.95. The number of hydrogen-bond donors (Lipinski definition) is 0. The third-order valence-corrected chi connectivity index (χ3v) is 3.49. The maximum Gasteiger partial charge on any atom is -0.870 e. The molecule has 3 aromatic carbocycles. The summed E-state index contributed by atoms with van der Waals surface area (Å²) in [4.78, 5) is 12.3. The van der Waals surface area contributed by atoms with Crippen molar-refractivity contribution < 1.29 is 29.6 Å². The zero-order chi connectivity index (χ0) is 17.6. The summed E-state index contributed by atoms with van der Waals surface area (Å²) in [6.45, 7) is 0.147. The number of carbonyl (C=O) groups excluding carboxylic acids is 1. The van der Waals surface area contributed by atoms with Crippen LogP contribution in [0.25, 0.3) is 0 Å². The van der Waals surface area contributed by atoms with Crippen molar-refractivity contribution in [3.63, 3.8) is 0 Å². The van der Waals surface area contributed by atoms with Crippen LogP contribution in [0, 0.1) is 5.82 Å². The Hall–Kier alpha value is -3.16. The minimum Gasteiger partial charge on any atom is -0.870 e. The van der Waals surface area contributed by atoms with E-state index >= 15 is 0 Å². The summed E-state index contributed by atoms with van der Waals surface area (Å²) < 4.78 is 24.1. The Morgan fingerprint density at radius 2 is 1.59 bits per heavy atom. The Morgan fingerprint density at radius 3 is 2.30 bits per heavy atom. The maximum absolute atomic E-state index is 13.2. The summed E-state index contributed by atoms with van der Waals surface area (Å²) in [6, 6.07) is 19.7. The molecule has 5 nitrogen and oxygen atoms in total.